The van der Waals surface area contributed by atoms with Crippen molar-refractivity contribution >= 4 is 19.6 Å². The summed E-state index contributed by atoms with van der Waals surface area (Å²) in [5.74, 6) is 0. The van der Waals surface area contributed by atoms with Crippen molar-refractivity contribution in [1.29, 1.82) is 0 Å². The molecule has 0 aromatic carbocycles. The Balaban J connectivity index is 2.71. The van der Waals surface area contributed by atoms with Gasteiger partial charge in [-0.3, -0.25) is 0 Å². The summed E-state index contributed by atoms with van der Waals surface area (Å²) in [5, 5.41) is 27.4. The van der Waals surface area contributed by atoms with Crippen molar-refractivity contribution in [1.82, 2.24) is 0 Å². The van der Waals surface area contributed by atoms with Gasteiger partial charge in [0.1, 0.15) is 17.6 Å². The second kappa shape index (κ2) is 4.68. The van der Waals surface area contributed by atoms with Crippen molar-refractivity contribution in [2.24, 2.45) is 0 Å². The van der Waals surface area contributed by atoms with Crippen LogP contribution < -0.4 is 9.79 Å². The smallest absolute Gasteiger partial charge is 0.137 e. The predicted molar refractivity (Wildman–Crippen MR) is 47.6 cm³/mol. The molecule has 0 radical (unpaired) electrons. The predicted octanol–water partition coefficient (Wildman–Crippen LogP) is -2.62. The van der Waals surface area contributed by atoms with E-state index in [1.165, 1.54) is 6.92 Å². The Morgan fingerprint density at radius 2 is 1.73 bits per heavy atom. The third kappa shape index (κ3) is 3.40. The first kappa shape index (κ1) is 13.4. The second-order valence-electron chi connectivity index (χ2n) is 3.23. The molecule has 3 N–H and O–H groups in total. The van der Waals surface area contributed by atoms with Gasteiger partial charge in [-0.25, -0.2) is 0 Å². The highest BCUT2D eigenvalue weighted by Gasteiger charge is 2.42. The van der Waals surface area contributed by atoms with E-state index in [1.54, 1.807) is 0 Å². The number of thioether (sulfide) groups is 1. The summed E-state index contributed by atoms with van der Waals surface area (Å²) in [7, 11) is -5.22. The van der Waals surface area contributed by atoms with Gasteiger partial charge in [0.15, 0.2) is 0 Å². The fourth-order valence-electron chi connectivity index (χ4n) is 1.23. The minimum absolute atomic E-state index is 0.542. The van der Waals surface area contributed by atoms with Crippen molar-refractivity contribution < 1.29 is 34.2 Å². The van der Waals surface area contributed by atoms with Crippen LogP contribution in [0.5, 0.6) is 0 Å². The molecule has 5 unspecified atom stereocenters. The highest BCUT2D eigenvalue weighted by Crippen LogP contribution is 2.40. The molecule has 0 aliphatic carbocycles. The molecule has 1 aliphatic rings. The minimum atomic E-state index is -5.22. The summed E-state index contributed by atoms with van der Waals surface area (Å²) < 4.78 is 14.4. The van der Waals surface area contributed by atoms with Gasteiger partial charge in [0.25, 0.3) is 0 Å². The third-order valence-corrected chi connectivity index (χ3v) is 4.02. The summed E-state index contributed by atoms with van der Waals surface area (Å²) in [6.45, 7) is 1.52. The van der Waals surface area contributed by atoms with E-state index in [0.29, 0.717) is 0 Å². The average molecular weight is 258 g/mol. The van der Waals surface area contributed by atoms with E-state index in [0.717, 1.165) is 11.8 Å². The zero-order chi connectivity index (χ0) is 11.8. The highest BCUT2D eigenvalue weighted by molar-refractivity contribution is 8.00. The van der Waals surface area contributed by atoms with Crippen LogP contribution in [0, 0.1) is 0 Å². The Morgan fingerprint density at radius 3 is 2.20 bits per heavy atom. The van der Waals surface area contributed by atoms with E-state index in [2.05, 4.69) is 4.52 Å². The van der Waals surface area contributed by atoms with Gasteiger partial charge in [0.2, 0.25) is 0 Å². The molecule has 0 aromatic heterocycles. The van der Waals surface area contributed by atoms with Crippen LogP contribution in [-0.2, 0) is 9.09 Å². The summed E-state index contributed by atoms with van der Waals surface area (Å²) in [6.07, 6.45) is -4.34. The van der Waals surface area contributed by atoms with Crippen LogP contribution in [0.1, 0.15) is 6.92 Å². The van der Waals surface area contributed by atoms with Gasteiger partial charge in [-0.05, 0) is 0 Å². The molecule has 15 heavy (non-hydrogen) atoms. The number of hydrogen-bond acceptors (Lipinski definition) is 8. The molecular formula is C6H11O7PS-2. The molecule has 0 saturated carbocycles. The molecule has 1 rings (SSSR count). The lowest BCUT2D eigenvalue weighted by Crippen LogP contribution is -2.53. The average Bonchev–Trinajstić information content (AvgIpc) is 2.08. The first-order valence-corrected chi connectivity index (χ1v) is 6.53. The number of aliphatic hydroxyl groups is 3. The van der Waals surface area contributed by atoms with Crippen LogP contribution in [0.15, 0.2) is 0 Å². The van der Waals surface area contributed by atoms with E-state index in [-0.39, 0.29) is 0 Å². The van der Waals surface area contributed by atoms with Gasteiger partial charge in [-0.15, -0.1) is 11.8 Å². The lowest BCUT2D eigenvalue weighted by Gasteiger charge is -2.42. The number of phosphoric acid groups is 1. The standard InChI is InChI=1S/C6H13O7PS/c1-2-3(7)4(8)5(9)6(15-2)13-14(10,11)12/h2-9H,1H3,(H2,10,11,12)/p-2. The van der Waals surface area contributed by atoms with Crippen molar-refractivity contribution in [2.45, 2.75) is 35.9 Å². The summed E-state index contributed by atoms with van der Waals surface area (Å²) in [5.41, 5.74) is -1.38. The van der Waals surface area contributed by atoms with Crippen molar-refractivity contribution in [2.75, 3.05) is 0 Å². The van der Waals surface area contributed by atoms with Crippen LogP contribution in [0.4, 0.5) is 0 Å². The molecule has 7 nitrogen and oxygen atoms in total. The Kier molecular flexibility index (Phi) is 4.19. The molecule has 0 spiro atoms. The van der Waals surface area contributed by atoms with Crippen molar-refractivity contribution in [3.8, 4) is 0 Å². The van der Waals surface area contributed by atoms with Crippen LogP contribution in [-0.4, -0.2) is 44.3 Å². The van der Waals surface area contributed by atoms with Crippen molar-refractivity contribution in [3.05, 3.63) is 0 Å². The Labute approximate surface area is 90.3 Å². The molecular weight excluding hydrogens is 247 g/mol. The van der Waals surface area contributed by atoms with Gasteiger partial charge in [-0.1, -0.05) is 6.92 Å². The lowest BCUT2D eigenvalue weighted by atomic mass is 10.1. The molecule has 0 aromatic rings. The topological polar surface area (TPSA) is 133 Å². The first-order chi connectivity index (χ1) is 6.72. The fourth-order valence-corrected chi connectivity index (χ4v) is 3.19. The molecule has 0 bridgehead atoms. The Morgan fingerprint density at radius 1 is 1.20 bits per heavy atom. The van der Waals surface area contributed by atoms with E-state index in [1.807, 2.05) is 0 Å². The van der Waals surface area contributed by atoms with Crippen LogP contribution >= 0.6 is 19.6 Å². The van der Waals surface area contributed by atoms with Gasteiger partial charge >= 0.3 is 0 Å². The summed E-state index contributed by atoms with van der Waals surface area (Å²) in [6, 6.07) is 0. The quantitative estimate of drug-likeness (QED) is 0.458. The number of rotatable bonds is 2. The Bertz CT molecular complexity index is 268. The number of hydrogen-bond donors (Lipinski definition) is 3. The SMILES string of the molecule is CC1SC(OP(=O)([O-])[O-])C(O)C(O)C1O. The van der Waals surface area contributed by atoms with Crippen LogP contribution in [0.3, 0.4) is 0 Å². The maximum atomic E-state index is 10.3. The zero-order valence-corrected chi connectivity index (χ0v) is 9.43. The van der Waals surface area contributed by atoms with Gasteiger partial charge < -0.3 is 34.2 Å². The Hall–Kier alpha value is 0.340. The van der Waals surface area contributed by atoms with Crippen molar-refractivity contribution in [3.63, 3.8) is 0 Å². The van der Waals surface area contributed by atoms with E-state index < -0.39 is 36.8 Å². The van der Waals surface area contributed by atoms with Gasteiger partial charge in [0.05, 0.1) is 13.9 Å². The van der Waals surface area contributed by atoms with Crippen LogP contribution in [0.25, 0.3) is 0 Å². The van der Waals surface area contributed by atoms with Crippen LogP contribution in [0.2, 0.25) is 0 Å². The monoisotopic (exact) mass is 258 g/mol. The fraction of sp³-hybridized carbons (Fsp3) is 1.00. The van der Waals surface area contributed by atoms with E-state index in [9.17, 15) is 29.7 Å². The zero-order valence-electron chi connectivity index (χ0n) is 7.72. The number of phosphoric ester groups is 1. The number of aliphatic hydroxyl groups excluding tert-OH is 3. The highest BCUT2D eigenvalue weighted by atomic mass is 32.2. The molecule has 9 heteroatoms. The molecule has 1 aliphatic heterocycles. The molecule has 1 fully saturated rings. The summed E-state index contributed by atoms with van der Waals surface area (Å²) in [4.78, 5) is 20.6. The minimum Gasteiger partial charge on any atom is -0.790 e. The molecule has 5 atom stereocenters. The van der Waals surface area contributed by atoms with Gasteiger partial charge in [0, 0.05) is 5.25 Å². The molecule has 90 valence electrons. The maximum absolute atomic E-state index is 10.3. The van der Waals surface area contributed by atoms with Gasteiger partial charge in [-0.2, -0.15) is 0 Å². The third-order valence-electron chi connectivity index (χ3n) is 2.04. The molecule has 1 heterocycles. The summed E-state index contributed by atoms with van der Waals surface area (Å²) >= 11 is 0.779. The first-order valence-electron chi connectivity index (χ1n) is 4.12. The maximum Gasteiger partial charge on any atom is 0.137 e. The van der Waals surface area contributed by atoms with E-state index in [4.69, 9.17) is 0 Å². The van der Waals surface area contributed by atoms with E-state index >= 15 is 0 Å². The molecule has 0 amide bonds. The largest absolute Gasteiger partial charge is 0.790 e. The molecule has 1 saturated heterocycles. The second-order valence-corrected chi connectivity index (χ2v) is 5.82. The lowest BCUT2D eigenvalue weighted by molar-refractivity contribution is -0.344. The normalized spacial score (nSPS) is 42.9.